The lowest BCUT2D eigenvalue weighted by Gasteiger charge is -2.32. The van der Waals surface area contributed by atoms with E-state index < -0.39 is 5.82 Å². The van der Waals surface area contributed by atoms with Crippen molar-refractivity contribution >= 4 is 29.3 Å². The van der Waals surface area contributed by atoms with Crippen LogP contribution in [-0.2, 0) is 16.1 Å². The van der Waals surface area contributed by atoms with Gasteiger partial charge in [-0.15, -0.1) is 0 Å². The molecular weight excluding hydrogens is 573 g/mol. The van der Waals surface area contributed by atoms with Crippen molar-refractivity contribution in [3.05, 3.63) is 88.2 Å². The van der Waals surface area contributed by atoms with Crippen LogP contribution in [-0.4, -0.2) is 59.3 Å². The monoisotopic (exact) mass is 607 g/mol. The van der Waals surface area contributed by atoms with Crippen LogP contribution < -0.4 is 14.8 Å². The molecule has 0 aliphatic carbocycles. The van der Waals surface area contributed by atoms with Gasteiger partial charge in [0.25, 0.3) is 5.91 Å². The molecule has 2 aliphatic heterocycles. The van der Waals surface area contributed by atoms with E-state index in [-0.39, 0.29) is 59.0 Å². The highest BCUT2D eigenvalue weighted by atomic mass is 35.5. The largest absolute Gasteiger partial charge is 0.497 e. The number of hydrogen-bond donors (Lipinski definition) is 1. The number of nitrogens with one attached hydrogen (secondary N) is 1. The molecule has 43 heavy (non-hydrogen) atoms. The minimum atomic E-state index is -0.638. The molecule has 8 nitrogen and oxygen atoms in total. The molecule has 0 bridgehead atoms. The molecule has 2 unspecified atom stereocenters. The molecule has 3 amide bonds. The number of rotatable bonds is 8. The maximum absolute atomic E-state index is 14.2. The van der Waals surface area contributed by atoms with E-state index in [9.17, 15) is 18.8 Å². The Hall–Kier alpha value is -4.11. The molecule has 3 aromatic rings. The summed E-state index contributed by atoms with van der Waals surface area (Å²) >= 11 is 5.86. The van der Waals surface area contributed by atoms with E-state index in [1.54, 1.807) is 35.1 Å². The highest BCUT2D eigenvalue weighted by Gasteiger charge is 2.37. The summed E-state index contributed by atoms with van der Waals surface area (Å²) in [6.45, 7) is 7.06. The lowest BCUT2D eigenvalue weighted by molar-refractivity contribution is -0.131. The van der Waals surface area contributed by atoms with Gasteiger partial charge in [-0.2, -0.15) is 0 Å². The van der Waals surface area contributed by atoms with Crippen LogP contribution in [0.2, 0.25) is 5.02 Å². The summed E-state index contributed by atoms with van der Waals surface area (Å²) in [7, 11) is 1.61. The minimum Gasteiger partial charge on any atom is -0.497 e. The van der Waals surface area contributed by atoms with Gasteiger partial charge in [-0.1, -0.05) is 29.8 Å². The number of carbonyl (C=O) groups is 3. The first-order valence-electron chi connectivity index (χ1n) is 14.2. The fourth-order valence-electron chi connectivity index (χ4n) is 5.54. The zero-order valence-corrected chi connectivity index (χ0v) is 25.4. The molecule has 0 radical (unpaired) electrons. The van der Waals surface area contributed by atoms with E-state index in [4.69, 9.17) is 21.1 Å². The summed E-state index contributed by atoms with van der Waals surface area (Å²) in [5.41, 5.74) is 1.68. The quantitative estimate of drug-likeness (QED) is 0.343. The lowest BCUT2D eigenvalue weighted by atomic mass is 9.98. The first-order valence-corrected chi connectivity index (χ1v) is 14.6. The standard InChI is InChI=1S/C33H35ClFN3O5/c1-33(2,3)38-19-24(15-31(38)40)36-32(41)21-5-6-22(29(13-21)43-26-11-12-27(34)28(35)16-26)17-37-18-23(14-30(37)39)20-7-9-25(42-4)10-8-20/h5-13,16,23-24H,14-15,17-19H2,1-4H3,(H,36,41). The number of hydrogen-bond acceptors (Lipinski definition) is 5. The van der Waals surface area contributed by atoms with Crippen LogP contribution in [0.15, 0.2) is 60.7 Å². The van der Waals surface area contributed by atoms with Crippen molar-refractivity contribution in [2.75, 3.05) is 20.2 Å². The number of carbonyl (C=O) groups excluding carboxylic acids is 3. The van der Waals surface area contributed by atoms with Crippen molar-refractivity contribution in [3.8, 4) is 17.2 Å². The van der Waals surface area contributed by atoms with Gasteiger partial charge >= 0.3 is 0 Å². The third kappa shape index (κ3) is 6.94. The smallest absolute Gasteiger partial charge is 0.251 e. The number of nitrogens with zero attached hydrogens (tertiary/aromatic N) is 2. The topological polar surface area (TPSA) is 88.2 Å². The van der Waals surface area contributed by atoms with Crippen molar-refractivity contribution in [1.29, 1.82) is 0 Å². The van der Waals surface area contributed by atoms with Crippen molar-refractivity contribution in [2.24, 2.45) is 0 Å². The van der Waals surface area contributed by atoms with Crippen LogP contribution in [0.5, 0.6) is 17.2 Å². The maximum Gasteiger partial charge on any atom is 0.251 e. The van der Waals surface area contributed by atoms with Gasteiger partial charge in [-0.25, -0.2) is 4.39 Å². The molecule has 2 saturated heterocycles. The van der Waals surface area contributed by atoms with Crippen LogP contribution >= 0.6 is 11.6 Å². The molecule has 2 heterocycles. The van der Waals surface area contributed by atoms with Gasteiger partial charge in [-0.3, -0.25) is 14.4 Å². The molecule has 1 N–H and O–H groups in total. The van der Waals surface area contributed by atoms with E-state index in [2.05, 4.69) is 5.32 Å². The van der Waals surface area contributed by atoms with Gasteiger partial charge < -0.3 is 24.6 Å². The number of benzene rings is 3. The second kappa shape index (κ2) is 12.2. The van der Waals surface area contributed by atoms with Gasteiger partial charge in [0.15, 0.2) is 0 Å². The minimum absolute atomic E-state index is 0.000396. The highest BCUT2D eigenvalue weighted by Crippen LogP contribution is 2.34. The van der Waals surface area contributed by atoms with Gasteiger partial charge in [0.05, 0.1) is 18.2 Å². The van der Waals surface area contributed by atoms with E-state index >= 15 is 0 Å². The van der Waals surface area contributed by atoms with Gasteiger partial charge in [0.1, 0.15) is 23.1 Å². The molecule has 3 aromatic carbocycles. The van der Waals surface area contributed by atoms with Gasteiger partial charge in [0.2, 0.25) is 11.8 Å². The second-order valence-corrected chi connectivity index (χ2v) is 12.4. The van der Waals surface area contributed by atoms with E-state index in [0.29, 0.717) is 36.4 Å². The SMILES string of the molecule is COc1ccc(C2CC(=O)N(Cc3ccc(C(=O)NC4CC(=O)N(C(C)(C)C)C4)cc3Oc3ccc(Cl)c(F)c3)C2)cc1. The van der Waals surface area contributed by atoms with Crippen molar-refractivity contribution < 1.29 is 28.2 Å². The Labute approximate surface area is 255 Å². The molecule has 226 valence electrons. The Morgan fingerprint density at radius 2 is 1.70 bits per heavy atom. The summed E-state index contributed by atoms with van der Waals surface area (Å²) in [6, 6.07) is 16.5. The predicted molar refractivity (Wildman–Crippen MR) is 161 cm³/mol. The normalized spacial score (nSPS) is 18.7. The number of methoxy groups -OCH3 is 1. The fraction of sp³-hybridized carbons (Fsp3) is 0.364. The summed E-state index contributed by atoms with van der Waals surface area (Å²) in [5, 5.41) is 2.92. The van der Waals surface area contributed by atoms with Gasteiger partial charge in [-0.05, 0) is 62.7 Å². The average Bonchev–Trinajstić information content (AvgIpc) is 3.53. The predicted octanol–water partition coefficient (Wildman–Crippen LogP) is 5.93. The summed E-state index contributed by atoms with van der Waals surface area (Å²) < 4.78 is 25.5. The van der Waals surface area contributed by atoms with Crippen molar-refractivity contribution in [2.45, 2.75) is 57.7 Å². The maximum atomic E-state index is 14.2. The first kappa shape index (κ1) is 30.4. The highest BCUT2D eigenvalue weighted by molar-refractivity contribution is 6.30. The zero-order chi connectivity index (χ0) is 30.9. The Kier molecular flexibility index (Phi) is 8.64. The number of amides is 3. The third-order valence-corrected chi connectivity index (χ3v) is 8.19. The van der Waals surface area contributed by atoms with Crippen LogP contribution in [0.4, 0.5) is 4.39 Å². The molecule has 2 fully saturated rings. The molecule has 0 spiro atoms. The summed E-state index contributed by atoms with van der Waals surface area (Å²) in [5.74, 6) is 0.289. The van der Waals surface area contributed by atoms with Crippen LogP contribution in [0.3, 0.4) is 0 Å². The zero-order valence-electron chi connectivity index (χ0n) is 24.7. The van der Waals surface area contributed by atoms with Crippen LogP contribution in [0.1, 0.15) is 61.0 Å². The molecule has 0 aromatic heterocycles. The summed E-state index contributed by atoms with van der Waals surface area (Å²) in [4.78, 5) is 42.3. The number of likely N-dealkylation sites (tertiary alicyclic amines) is 2. The molecule has 10 heteroatoms. The Morgan fingerprint density at radius 3 is 2.35 bits per heavy atom. The third-order valence-electron chi connectivity index (χ3n) is 7.88. The molecule has 2 aliphatic rings. The lowest BCUT2D eigenvalue weighted by Crippen LogP contribution is -2.44. The molecule has 0 saturated carbocycles. The van der Waals surface area contributed by atoms with Gasteiger partial charge in [0, 0.05) is 61.1 Å². The molecule has 5 rings (SSSR count). The van der Waals surface area contributed by atoms with Crippen LogP contribution in [0, 0.1) is 5.82 Å². The van der Waals surface area contributed by atoms with Crippen molar-refractivity contribution in [3.63, 3.8) is 0 Å². The fourth-order valence-corrected chi connectivity index (χ4v) is 5.66. The first-order chi connectivity index (χ1) is 20.4. The van der Waals surface area contributed by atoms with E-state index in [0.717, 1.165) is 11.3 Å². The average molecular weight is 608 g/mol. The Bertz CT molecular complexity index is 1540. The van der Waals surface area contributed by atoms with Crippen molar-refractivity contribution in [1.82, 2.24) is 15.1 Å². The number of ether oxygens (including phenoxy) is 2. The second-order valence-electron chi connectivity index (χ2n) is 12.0. The Balaban J connectivity index is 1.36. The van der Waals surface area contributed by atoms with Crippen LogP contribution in [0.25, 0.3) is 0 Å². The Morgan fingerprint density at radius 1 is 0.977 bits per heavy atom. The molecule has 2 atom stereocenters. The number of halogens is 2. The van der Waals surface area contributed by atoms with E-state index in [1.165, 1.54) is 18.2 Å². The van der Waals surface area contributed by atoms with E-state index in [1.807, 2.05) is 45.0 Å². The molecular formula is C33H35ClFN3O5. The summed E-state index contributed by atoms with van der Waals surface area (Å²) in [6.07, 6.45) is 0.595.